The van der Waals surface area contributed by atoms with Crippen molar-refractivity contribution in [3.05, 3.63) is 89.5 Å². The number of aromatic nitrogens is 4. The second-order valence-electron chi connectivity index (χ2n) is 7.71. The van der Waals surface area contributed by atoms with Crippen molar-refractivity contribution in [3.8, 4) is 11.1 Å². The van der Waals surface area contributed by atoms with Gasteiger partial charge in [0, 0.05) is 33.3 Å². The quantitative estimate of drug-likeness (QED) is 0.300. The van der Waals surface area contributed by atoms with E-state index in [-0.39, 0.29) is 0 Å². The maximum absolute atomic E-state index is 6.05. The molecule has 0 atom stereocenters. The lowest BCUT2D eigenvalue weighted by Gasteiger charge is -2.00. The lowest BCUT2D eigenvalue weighted by molar-refractivity contribution is 1.28. The Hall–Kier alpha value is -4.38. The molecule has 4 N–H and O–H groups in total. The highest BCUT2D eigenvalue weighted by atomic mass is 14.8. The lowest BCUT2D eigenvalue weighted by atomic mass is 10.1. The standard InChI is InChI=1S/C26H19N5/c27-17-3-1-2-16(10-17)25-14-24-13-22-7-6-20(29-22)11-18-4-5-19(28-18)12-21-8-9-23(30-21)15-26(25)31-24/h1-15,29,31H,27H2. The van der Waals surface area contributed by atoms with E-state index in [2.05, 4.69) is 51.4 Å². The van der Waals surface area contributed by atoms with E-state index < -0.39 is 0 Å². The van der Waals surface area contributed by atoms with Crippen LogP contribution in [0.3, 0.4) is 0 Å². The number of H-pyrrole nitrogens is 2. The molecule has 5 nitrogen and oxygen atoms in total. The third kappa shape index (κ3) is 3.42. The third-order valence-corrected chi connectivity index (χ3v) is 5.37. The van der Waals surface area contributed by atoms with E-state index in [1.165, 1.54) is 0 Å². The molecule has 2 aliphatic heterocycles. The van der Waals surface area contributed by atoms with E-state index >= 15 is 0 Å². The van der Waals surface area contributed by atoms with Gasteiger partial charge in [-0.25, -0.2) is 9.97 Å². The fourth-order valence-corrected chi connectivity index (χ4v) is 3.96. The summed E-state index contributed by atoms with van der Waals surface area (Å²) in [5, 5.41) is 0. The first-order chi connectivity index (χ1) is 15.2. The van der Waals surface area contributed by atoms with Crippen molar-refractivity contribution < 1.29 is 0 Å². The molecule has 0 saturated carbocycles. The predicted octanol–water partition coefficient (Wildman–Crippen LogP) is 5.90. The van der Waals surface area contributed by atoms with Crippen LogP contribution in [0.15, 0.2) is 66.7 Å². The van der Waals surface area contributed by atoms with E-state index in [0.29, 0.717) is 0 Å². The molecule has 0 fully saturated rings. The summed E-state index contributed by atoms with van der Waals surface area (Å²) >= 11 is 0. The fraction of sp³-hybridized carbons (Fsp3) is 0. The molecular formula is C26H19N5. The van der Waals surface area contributed by atoms with Crippen LogP contribution in [0, 0.1) is 0 Å². The molecule has 148 valence electrons. The van der Waals surface area contributed by atoms with Crippen molar-refractivity contribution >= 4 is 52.1 Å². The summed E-state index contributed by atoms with van der Waals surface area (Å²) in [5.41, 5.74) is 16.5. The molecule has 4 aromatic rings. The highest BCUT2D eigenvalue weighted by molar-refractivity contribution is 5.88. The molecule has 31 heavy (non-hydrogen) atoms. The Morgan fingerprint density at radius 1 is 0.581 bits per heavy atom. The van der Waals surface area contributed by atoms with Gasteiger partial charge < -0.3 is 15.7 Å². The van der Waals surface area contributed by atoms with E-state index in [9.17, 15) is 0 Å². The highest BCUT2D eigenvalue weighted by Gasteiger charge is 2.07. The number of benzene rings is 1. The Labute approximate surface area is 178 Å². The van der Waals surface area contributed by atoms with Crippen molar-refractivity contribution in [2.24, 2.45) is 0 Å². The van der Waals surface area contributed by atoms with E-state index in [1.807, 2.05) is 54.6 Å². The molecule has 0 saturated heterocycles. The number of aromatic amines is 2. The van der Waals surface area contributed by atoms with Crippen LogP contribution in [0.4, 0.5) is 5.69 Å². The smallest absolute Gasteiger partial charge is 0.0659 e. The molecule has 5 heteroatoms. The molecule has 3 aromatic heterocycles. The van der Waals surface area contributed by atoms with E-state index in [4.69, 9.17) is 10.7 Å². The van der Waals surface area contributed by atoms with Crippen LogP contribution in [-0.2, 0) is 0 Å². The number of nitrogens with zero attached hydrogens (tertiary/aromatic N) is 2. The molecule has 8 bridgehead atoms. The number of rotatable bonds is 1. The SMILES string of the molecule is Nc1cccc(-c2cc3cc4ccc(cc5nc(cc6nc(cc2[nH]3)C=C6)C=C5)[nH]4)c1. The van der Waals surface area contributed by atoms with Crippen molar-refractivity contribution in [2.75, 3.05) is 5.73 Å². The minimum Gasteiger partial charge on any atom is -0.399 e. The Kier molecular flexibility index (Phi) is 3.86. The summed E-state index contributed by atoms with van der Waals surface area (Å²) < 4.78 is 0. The zero-order valence-corrected chi connectivity index (χ0v) is 16.6. The minimum atomic E-state index is 0.739. The van der Waals surface area contributed by atoms with Crippen molar-refractivity contribution in [2.45, 2.75) is 0 Å². The lowest BCUT2D eigenvalue weighted by Crippen LogP contribution is -1.84. The molecule has 0 aliphatic carbocycles. The summed E-state index contributed by atoms with van der Waals surface area (Å²) in [7, 11) is 0. The highest BCUT2D eigenvalue weighted by Crippen LogP contribution is 2.28. The number of nitrogens with two attached hydrogens (primary N) is 1. The first-order valence-electron chi connectivity index (χ1n) is 10.1. The maximum Gasteiger partial charge on any atom is 0.0659 e. The number of fused-ring (bicyclic) bond motifs is 8. The van der Waals surface area contributed by atoms with Crippen molar-refractivity contribution in [3.63, 3.8) is 0 Å². The Morgan fingerprint density at radius 3 is 2.00 bits per heavy atom. The Bertz CT molecular complexity index is 1550. The normalized spacial score (nSPS) is 12.4. The van der Waals surface area contributed by atoms with Gasteiger partial charge in [0.15, 0.2) is 0 Å². The number of nitrogen functional groups attached to an aromatic ring is 1. The van der Waals surface area contributed by atoms with Gasteiger partial charge in [-0.05, 0) is 84.5 Å². The summed E-state index contributed by atoms with van der Waals surface area (Å²) in [5.74, 6) is 0. The van der Waals surface area contributed by atoms with Gasteiger partial charge in [-0.1, -0.05) is 12.1 Å². The number of hydrogen-bond acceptors (Lipinski definition) is 3. The molecule has 1 aromatic carbocycles. The zero-order chi connectivity index (χ0) is 20.8. The van der Waals surface area contributed by atoms with Gasteiger partial charge in [0.05, 0.1) is 22.8 Å². The van der Waals surface area contributed by atoms with Crippen molar-refractivity contribution in [1.29, 1.82) is 0 Å². The van der Waals surface area contributed by atoms with Crippen LogP contribution >= 0.6 is 0 Å². The molecule has 0 unspecified atom stereocenters. The predicted molar refractivity (Wildman–Crippen MR) is 129 cm³/mol. The Morgan fingerprint density at radius 2 is 1.26 bits per heavy atom. The van der Waals surface area contributed by atoms with Crippen LogP contribution in [-0.4, -0.2) is 19.9 Å². The maximum atomic E-state index is 6.05. The molecule has 0 spiro atoms. The van der Waals surface area contributed by atoms with Crippen molar-refractivity contribution in [1.82, 2.24) is 19.9 Å². The van der Waals surface area contributed by atoms with Crippen LogP contribution < -0.4 is 5.73 Å². The summed E-state index contributed by atoms with van der Waals surface area (Å²) in [6, 6.07) is 22.4. The summed E-state index contributed by atoms with van der Waals surface area (Å²) in [6.45, 7) is 0. The first-order valence-corrected chi connectivity index (χ1v) is 10.1. The Balaban J connectivity index is 1.68. The van der Waals surface area contributed by atoms with E-state index in [1.54, 1.807) is 0 Å². The molecular weight excluding hydrogens is 382 g/mol. The average molecular weight is 401 g/mol. The largest absolute Gasteiger partial charge is 0.399 e. The van der Waals surface area contributed by atoms with Crippen LogP contribution in [0.25, 0.3) is 57.5 Å². The molecule has 2 aliphatic rings. The van der Waals surface area contributed by atoms with Gasteiger partial charge in [0.1, 0.15) is 0 Å². The second-order valence-corrected chi connectivity index (χ2v) is 7.71. The minimum absolute atomic E-state index is 0.739. The number of anilines is 1. The summed E-state index contributed by atoms with van der Waals surface area (Å²) in [4.78, 5) is 16.4. The van der Waals surface area contributed by atoms with E-state index in [0.717, 1.165) is 61.7 Å². The average Bonchev–Trinajstić information content (AvgIpc) is 3.53. The molecule has 6 rings (SSSR count). The van der Waals surface area contributed by atoms with Gasteiger partial charge in [-0.2, -0.15) is 0 Å². The van der Waals surface area contributed by atoms with Crippen LogP contribution in [0.2, 0.25) is 0 Å². The van der Waals surface area contributed by atoms with Crippen LogP contribution in [0.5, 0.6) is 0 Å². The third-order valence-electron chi connectivity index (χ3n) is 5.37. The topological polar surface area (TPSA) is 83.4 Å². The monoisotopic (exact) mass is 401 g/mol. The number of nitrogens with one attached hydrogen (secondary N) is 2. The fourth-order valence-electron chi connectivity index (χ4n) is 3.96. The van der Waals surface area contributed by atoms with Crippen LogP contribution in [0.1, 0.15) is 22.8 Å². The van der Waals surface area contributed by atoms with Gasteiger partial charge in [-0.3, -0.25) is 0 Å². The zero-order valence-electron chi connectivity index (χ0n) is 16.6. The van der Waals surface area contributed by atoms with Gasteiger partial charge in [0.2, 0.25) is 0 Å². The van der Waals surface area contributed by atoms with Gasteiger partial charge in [0.25, 0.3) is 0 Å². The van der Waals surface area contributed by atoms with Gasteiger partial charge in [-0.15, -0.1) is 0 Å². The molecule has 5 heterocycles. The van der Waals surface area contributed by atoms with Gasteiger partial charge >= 0.3 is 0 Å². The second kappa shape index (κ2) is 6.85. The number of hydrogen-bond donors (Lipinski definition) is 3. The first kappa shape index (κ1) is 17.5. The summed E-state index contributed by atoms with van der Waals surface area (Å²) in [6.07, 6.45) is 8.05. The molecule has 0 amide bonds. The molecule has 0 radical (unpaired) electrons.